The molecule has 0 radical (unpaired) electrons. The van der Waals surface area contributed by atoms with Crippen molar-refractivity contribution in [2.75, 3.05) is 7.05 Å². The highest BCUT2D eigenvalue weighted by Crippen LogP contribution is 1.99. The highest BCUT2D eigenvalue weighted by atomic mass is 15.5. The Labute approximate surface area is 62.4 Å². The topological polar surface area (TPSA) is 28.0 Å². The van der Waals surface area contributed by atoms with E-state index in [2.05, 4.69) is 24.2 Å². The molecule has 0 saturated heterocycles. The van der Waals surface area contributed by atoms with Crippen LogP contribution < -0.4 is 0 Å². The first-order valence-electron chi connectivity index (χ1n) is 3.43. The first kappa shape index (κ1) is 9.14. The van der Waals surface area contributed by atoms with Gasteiger partial charge >= 0.3 is 0 Å². The minimum absolute atomic E-state index is 0.375. The first-order valence-corrected chi connectivity index (χ1v) is 3.43. The Kier molecular flexibility index (Phi) is 4.54. The quantitative estimate of drug-likeness (QED) is 0.437. The highest BCUT2D eigenvalue weighted by Gasteiger charge is 1.99. The zero-order valence-corrected chi connectivity index (χ0v) is 7.07. The standard InChI is InChI=1S/C7H15N3/c1-5-6-10(7(2)3)9-8-4/h5-7H,1-4H3/b6-5-,9-8?. The third kappa shape index (κ3) is 3.22. The van der Waals surface area contributed by atoms with Gasteiger partial charge in [-0.2, -0.15) is 5.11 Å². The summed E-state index contributed by atoms with van der Waals surface area (Å²) in [5.41, 5.74) is 0. The van der Waals surface area contributed by atoms with Crippen LogP contribution in [0.1, 0.15) is 20.8 Å². The maximum Gasteiger partial charge on any atom is 0.0509 e. The van der Waals surface area contributed by atoms with Gasteiger partial charge in [-0.3, -0.25) is 5.01 Å². The lowest BCUT2D eigenvalue weighted by molar-refractivity contribution is 0.305. The molecule has 10 heavy (non-hydrogen) atoms. The smallest absolute Gasteiger partial charge is 0.0509 e. The summed E-state index contributed by atoms with van der Waals surface area (Å²) in [7, 11) is 1.67. The van der Waals surface area contributed by atoms with Gasteiger partial charge in [0.25, 0.3) is 0 Å². The Morgan fingerprint density at radius 3 is 2.30 bits per heavy atom. The van der Waals surface area contributed by atoms with Gasteiger partial charge in [-0.05, 0) is 20.8 Å². The van der Waals surface area contributed by atoms with Gasteiger partial charge in [0.1, 0.15) is 0 Å². The van der Waals surface area contributed by atoms with Crippen molar-refractivity contribution in [1.29, 1.82) is 0 Å². The van der Waals surface area contributed by atoms with Crippen molar-refractivity contribution >= 4 is 0 Å². The van der Waals surface area contributed by atoms with Gasteiger partial charge in [-0.25, -0.2) is 0 Å². The monoisotopic (exact) mass is 141 g/mol. The molecule has 58 valence electrons. The lowest BCUT2D eigenvalue weighted by atomic mass is 10.4. The average molecular weight is 141 g/mol. The van der Waals surface area contributed by atoms with Crippen molar-refractivity contribution in [2.45, 2.75) is 26.8 Å². The Balaban J connectivity index is 3.98. The number of hydrogen-bond acceptors (Lipinski definition) is 2. The normalized spacial score (nSPS) is 12.1. The van der Waals surface area contributed by atoms with E-state index in [4.69, 9.17) is 0 Å². The molecule has 0 N–H and O–H groups in total. The molecule has 0 aromatic rings. The zero-order chi connectivity index (χ0) is 7.98. The summed E-state index contributed by atoms with van der Waals surface area (Å²) in [6, 6.07) is 0.375. The van der Waals surface area contributed by atoms with Gasteiger partial charge in [0.15, 0.2) is 0 Å². The minimum atomic E-state index is 0.375. The van der Waals surface area contributed by atoms with Gasteiger partial charge in [0.2, 0.25) is 0 Å². The third-order valence-electron chi connectivity index (χ3n) is 1.02. The number of allylic oxidation sites excluding steroid dienone is 1. The van der Waals surface area contributed by atoms with E-state index in [0.717, 1.165) is 0 Å². The van der Waals surface area contributed by atoms with Crippen LogP contribution >= 0.6 is 0 Å². The maximum absolute atomic E-state index is 3.88. The summed E-state index contributed by atoms with van der Waals surface area (Å²) in [6.07, 6.45) is 3.84. The van der Waals surface area contributed by atoms with Crippen LogP contribution in [0.2, 0.25) is 0 Å². The fourth-order valence-electron chi connectivity index (χ4n) is 0.561. The van der Waals surface area contributed by atoms with Gasteiger partial charge in [-0.15, -0.1) is 0 Å². The molecule has 0 spiro atoms. The molecule has 0 aromatic carbocycles. The Morgan fingerprint density at radius 1 is 1.40 bits per heavy atom. The predicted octanol–water partition coefficient (Wildman–Crippen LogP) is 2.23. The molecular formula is C7H15N3. The second kappa shape index (κ2) is 4.97. The molecular weight excluding hydrogens is 126 g/mol. The summed E-state index contributed by atoms with van der Waals surface area (Å²) in [6.45, 7) is 6.09. The van der Waals surface area contributed by atoms with E-state index in [0.29, 0.717) is 6.04 Å². The van der Waals surface area contributed by atoms with Crippen LogP contribution in [-0.2, 0) is 0 Å². The molecule has 0 fully saturated rings. The molecule has 0 amide bonds. The largest absolute Gasteiger partial charge is 0.252 e. The minimum Gasteiger partial charge on any atom is -0.252 e. The fraction of sp³-hybridized carbons (Fsp3) is 0.714. The van der Waals surface area contributed by atoms with Crippen LogP contribution in [0.25, 0.3) is 0 Å². The van der Waals surface area contributed by atoms with Crippen LogP contribution in [0.4, 0.5) is 0 Å². The van der Waals surface area contributed by atoms with Crippen LogP contribution in [0, 0.1) is 0 Å². The molecule has 3 nitrogen and oxygen atoms in total. The van der Waals surface area contributed by atoms with Crippen LogP contribution in [-0.4, -0.2) is 18.1 Å². The Bertz CT molecular complexity index is 115. The molecule has 0 atom stereocenters. The van der Waals surface area contributed by atoms with Gasteiger partial charge in [0, 0.05) is 12.2 Å². The van der Waals surface area contributed by atoms with Crippen molar-refractivity contribution in [1.82, 2.24) is 5.01 Å². The van der Waals surface area contributed by atoms with Crippen molar-refractivity contribution in [3.05, 3.63) is 12.3 Å². The molecule has 3 heteroatoms. The molecule has 0 aliphatic heterocycles. The van der Waals surface area contributed by atoms with Crippen molar-refractivity contribution < 1.29 is 0 Å². The second-order valence-corrected chi connectivity index (χ2v) is 2.25. The van der Waals surface area contributed by atoms with E-state index >= 15 is 0 Å². The fourth-order valence-corrected chi connectivity index (χ4v) is 0.561. The predicted molar refractivity (Wildman–Crippen MR) is 42.6 cm³/mol. The zero-order valence-electron chi connectivity index (χ0n) is 7.07. The summed E-state index contributed by atoms with van der Waals surface area (Å²) >= 11 is 0. The van der Waals surface area contributed by atoms with Gasteiger partial charge in [-0.1, -0.05) is 11.3 Å². The van der Waals surface area contributed by atoms with E-state index in [9.17, 15) is 0 Å². The highest BCUT2D eigenvalue weighted by molar-refractivity contribution is 4.77. The maximum atomic E-state index is 3.88. The summed E-state index contributed by atoms with van der Waals surface area (Å²) in [5.74, 6) is 0. The van der Waals surface area contributed by atoms with E-state index < -0.39 is 0 Å². The lowest BCUT2D eigenvalue weighted by Crippen LogP contribution is -2.18. The number of nitrogens with zero attached hydrogens (tertiary/aromatic N) is 3. The van der Waals surface area contributed by atoms with Crippen LogP contribution in [0.15, 0.2) is 22.6 Å². The van der Waals surface area contributed by atoms with E-state index in [1.54, 1.807) is 12.1 Å². The molecule has 0 aromatic heterocycles. The van der Waals surface area contributed by atoms with Crippen molar-refractivity contribution in [3.63, 3.8) is 0 Å². The van der Waals surface area contributed by atoms with E-state index in [1.165, 1.54) is 0 Å². The first-order chi connectivity index (χ1) is 4.72. The van der Waals surface area contributed by atoms with Crippen LogP contribution in [0.3, 0.4) is 0 Å². The molecule has 0 bridgehead atoms. The lowest BCUT2D eigenvalue weighted by Gasteiger charge is -2.15. The van der Waals surface area contributed by atoms with Crippen molar-refractivity contribution in [2.24, 2.45) is 10.3 Å². The molecule has 0 unspecified atom stereocenters. The van der Waals surface area contributed by atoms with Gasteiger partial charge < -0.3 is 0 Å². The summed E-state index contributed by atoms with van der Waals surface area (Å²) in [4.78, 5) is 0. The Morgan fingerprint density at radius 2 is 2.00 bits per heavy atom. The number of rotatable bonds is 3. The average Bonchev–Trinajstić information content (AvgIpc) is 1.87. The molecule has 0 aliphatic rings. The van der Waals surface area contributed by atoms with Crippen molar-refractivity contribution in [3.8, 4) is 0 Å². The Hall–Kier alpha value is -0.860. The SMILES string of the molecule is C/C=C\N(N=NC)C(C)C. The molecule has 0 saturated carbocycles. The second-order valence-electron chi connectivity index (χ2n) is 2.25. The van der Waals surface area contributed by atoms with Gasteiger partial charge in [0.05, 0.1) is 7.05 Å². The van der Waals surface area contributed by atoms with E-state index in [-0.39, 0.29) is 0 Å². The van der Waals surface area contributed by atoms with E-state index in [1.807, 2.05) is 19.2 Å². The summed E-state index contributed by atoms with van der Waals surface area (Å²) in [5, 5.41) is 9.37. The third-order valence-corrected chi connectivity index (χ3v) is 1.02. The number of hydrogen-bond donors (Lipinski definition) is 0. The molecule has 0 heterocycles. The molecule has 0 aliphatic carbocycles. The van der Waals surface area contributed by atoms with Crippen LogP contribution in [0.5, 0.6) is 0 Å². The molecule has 0 rings (SSSR count). The summed E-state index contributed by atoms with van der Waals surface area (Å²) < 4.78 is 0.